The number of aryl methyl sites for hydroxylation is 2. The highest BCUT2D eigenvalue weighted by molar-refractivity contribution is 14.0. The van der Waals surface area contributed by atoms with Gasteiger partial charge in [0.1, 0.15) is 17.5 Å². The van der Waals surface area contributed by atoms with Gasteiger partial charge in [-0.15, -0.1) is 24.0 Å². The van der Waals surface area contributed by atoms with E-state index in [2.05, 4.69) is 30.7 Å². The standard InChI is InChI=1S/C17H26N8.HI/c1-12-20-16-9-8-14(11-25(16)23-12)22-17(18-2)19-10-13-6-5-7-15(21-13)24(3)4;/h5-7,14H,8-11H2,1-4H3,(H2,18,19,22);1H. The molecule has 3 heterocycles. The second-order valence-corrected chi connectivity index (χ2v) is 6.44. The van der Waals surface area contributed by atoms with E-state index < -0.39 is 0 Å². The van der Waals surface area contributed by atoms with Gasteiger partial charge in [-0.1, -0.05) is 6.07 Å². The molecule has 0 amide bonds. The normalized spacial score (nSPS) is 16.5. The van der Waals surface area contributed by atoms with E-state index in [4.69, 9.17) is 0 Å². The summed E-state index contributed by atoms with van der Waals surface area (Å²) in [7, 11) is 5.76. The molecule has 0 bridgehead atoms. The van der Waals surface area contributed by atoms with E-state index in [0.29, 0.717) is 12.6 Å². The lowest BCUT2D eigenvalue weighted by molar-refractivity contribution is 0.392. The molecule has 0 fully saturated rings. The number of pyridine rings is 1. The molecular formula is C17H27IN8. The van der Waals surface area contributed by atoms with Crippen molar-refractivity contribution in [3.05, 3.63) is 35.5 Å². The predicted octanol–water partition coefficient (Wildman–Crippen LogP) is 1.35. The van der Waals surface area contributed by atoms with Crippen LogP contribution in [0.3, 0.4) is 0 Å². The molecule has 0 saturated carbocycles. The Labute approximate surface area is 171 Å². The highest BCUT2D eigenvalue weighted by Gasteiger charge is 2.21. The van der Waals surface area contributed by atoms with E-state index in [1.165, 1.54) is 0 Å². The maximum Gasteiger partial charge on any atom is 0.191 e. The van der Waals surface area contributed by atoms with Crippen LogP contribution in [0.5, 0.6) is 0 Å². The van der Waals surface area contributed by atoms with Crippen molar-refractivity contribution >= 4 is 35.8 Å². The Hall–Kier alpha value is -1.91. The molecule has 26 heavy (non-hydrogen) atoms. The van der Waals surface area contributed by atoms with E-state index in [0.717, 1.165) is 48.5 Å². The number of guanidine groups is 1. The fraction of sp³-hybridized carbons (Fsp3) is 0.529. The number of hydrogen-bond donors (Lipinski definition) is 2. The molecule has 0 radical (unpaired) electrons. The first-order valence-electron chi connectivity index (χ1n) is 8.56. The number of nitrogens with one attached hydrogen (secondary N) is 2. The Bertz CT molecular complexity index is 755. The van der Waals surface area contributed by atoms with E-state index in [1.807, 2.05) is 48.8 Å². The average molecular weight is 470 g/mol. The molecule has 2 N–H and O–H groups in total. The Morgan fingerprint density at radius 2 is 2.15 bits per heavy atom. The van der Waals surface area contributed by atoms with Crippen molar-refractivity contribution in [2.45, 2.75) is 38.9 Å². The Morgan fingerprint density at radius 1 is 1.35 bits per heavy atom. The summed E-state index contributed by atoms with van der Waals surface area (Å²) in [6.45, 7) is 3.37. The van der Waals surface area contributed by atoms with Crippen LogP contribution in [-0.2, 0) is 19.5 Å². The summed E-state index contributed by atoms with van der Waals surface area (Å²) in [4.78, 5) is 15.4. The van der Waals surface area contributed by atoms with E-state index in [1.54, 1.807) is 7.05 Å². The van der Waals surface area contributed by atoms with E-state index in [-0.39, 0.29) is 24.0 Å². The molecule has 0 spiro atoms. The van der Waals surface area contributed by atoms with Crippen LogP contribution in [0.1, 0.15) is 23.8 Å². The number of halogens is 1. The summed E-state index contributed by atoms with van der Waals surface area (Å²) < 4.78 is 1.99. The minimum absolute atomic E-state index is 0. The third kappa shape index (κ3) is 5.05. The molecule has 1 aliphatic heterocycles. The van der Waals surface area contributed by atoms with Crippen LogP contribution in [0.4, 0.5) is 5.82 Å². The maximum atomic E-state index is 4.62. The largest absolute Gasteiger partial charge is 0.363 e. The van der Waals surface area contributed by atoms with Gasteiger partial charge in [0.15, 0.2) is 5.96 Å². The van der Waals surface area contributed by atoms with Crippen LogP contribution in [-0.4, -0.2) is 52.9 Å². The molecule has 3 rings (SSSR count). The van der Waals surface area contributed by atoms with Crippen LogP contribution in [0.15, 0.2) is 23.2 Å². The van der Waals surface area contributed by atoms with Gasteiger partial charge in [0.05, 0.1) is 18.8 Å². The fourth-order valence-electron chi connectivity index (χ4n) is 2.93. The third-order valence-corrected chi connectivity index (χ3v) is 4.22. The molecule has 9 heteroatoms. The Morgan fingerprint density at radius 3 is 2.88 bits per heavy atom. The number of rotatable bonds is 4. The van der Waals surface area contributed by atoms with Crippen molar-refractivity contribution < 1.29 is 0 Å². The molecule has 0 aromatic carbocycles. The highest BCUT2D eigenvalue weighted by Crippen LogP contribution is 2.13. The summed E-state index contributed by atoms with van der Waals surface area (Å²) in [5, 5.41) is 11.3. The number of aliphatic imine (C=N–C) groups is 1. The highest BCUT2D eigenvalue weighted by atomic mass is 127. The second-order valence-electron chi connectivity index (χ2n) is 6.44. The zero-order valence-electron chi connectivity index (χ0n) is 15.7. The Kier molecular flexibility index (Phi) is 7.18. The number of anilines is 1. The first kappa shape index (κ1) is 20.4. The molecule has 142 valence electrons. The van der Waals surface area contributed by atoms with Gasteiger partial charge < -0.3 is 15.5 Å². The minimum atomic E-state index is 0. The van der Waals surface area contributed by atoms with Gasteiger partial charge in [-0.25, -0.2) is 14.6 Å². The molecule has 0 saturated heterocycles. The fourth-order valence-corrected chi connectivity index (χ4v) is 2.93. The monoisotopic (exact) mass is 470 g/mol. The quantitative estimate of drug-likeness (QED) is 0.399. The van der Waals surface area contributed by atoms with Crippen LogP contribution in [0.25, 0.3) is 0 Å². The summed E-state index contributed by atoms with van der Waals surface area (Å²) >= 11 is 0. The Balaban J connectivity index is 0.00000243. The first-order chi connectivity index (χ1) is 12.0. The molecule has 1 unspecified atom stereocenters. The number of hydrogen-bond acceptors (Lipinski definition) is 5. The first-order valence-corrected chi connectivity index (χ1v) is 8.56. The van der Waals surface area contributed by atoms with Crippen molar-refractivity contribution in [3.63, 3.8) is 0 Å². The van der Waals surface area contributed by atoms with Gasteiger partial charge in [0.2, 0.25) is 0 Å². The zero-order valence-corrected chi connectivity index (χ0v) is 18.1. The third-order valence-electron chi connectivity index (χ3n) is 4.22. The minimum Gasteiger partial charge on any atom is -0.363 e. The van der Waals surface area contributed by atoms with Crippen molar-refractivity contribution in [3.8, 4) is 0 Å². The SMILES string of the molecule is CN=C(NCc1cccc(N(C)C)n1)NC1CCc2nc(C)nn2C1.I. The van der Waals surface area contributed by atoms with E-state index >= 15 is 0 Å². The van der Waals surface area contributed by atoms with Crippen LogP contribution in [0.2, 0.25) is 0 Å². The summed E-state index contributed by atoms with van der Waals surface area (Å²) in [5.74, 6) is 3.64. The van der Waals surface area contributed by atoms with Crippen molar-refractivity contribution in [1.29, 1.82) is 0 Å². The van der Waals surface area contributed by atoms with Crippen LogP contribution in [0, 0.1) is 6.92 Å². The van der Waals surface area contributed by atoms with Crippen LogP contribution < -0.4 is 15.5 Å². The second kappa shape index (κ2) is 9.15. The van der Waals surface area contributed by atoms with Gasteiger partial charge in [-0.05, 0) is 25.5 Å². The molecule has 1 atom stereocenters. The lowest BCUT2D eigenvalue weighted by Gasteiger charge is -2.25. The van der Waals surface area contributed by atoms with Crippen molar-refractivity contribution in [2.75, 3.05) is 26.0 Å². The predicted molar refractivity (Wildman–Crippen MR) is 114 cm³/mol. The maximum absolute atomic E-state index is 4.62. The lowest BCUT2D eigenvalue weighted by Crippen LogP contribution is -2.46. The van der Waals surface area contributed by atoms with Gasteiger partial charge >= 0.3 is 0 Å². The molecular weight excluding hydrogens is 443 g/mol. The van der Waals surface area contributed by atoms with Crippen LogP contribution >= 0.6 is 24.0 Å². The molecule has 8 nitrogen and oxygen atoms in total. The van der Waals surface area contributed by atoms with E-state index in [9.17, 15) is 0 Å². The van der Waals surface area contributed by atoms with Crippen molar-refractivity contribution in [2.24, 2.45) is 4.99 Å². The summed E-state index contributed by atoms with van der Waals surface area (Å²) in [6, 6.07) is 6.32. The topological polar surface area (TPSA) is 83.3 Å². The average Bonchev–Trinajstić information content (AvgIpc) is 2.98. The molecule has 2 aromatic heterocycles. The van der Waals surface area contributed by atoms with Gasteiger partial charge in [0, 0.05) is 33.6 Å². The van der Waals surface area contributed by atoms with Crippen molar-refractivity contribution in [1.82, 2.24) is 30.4 Å². The number of fused-ring (bicyclic) bond motifs is 1. The smallest absolute Gasteiger partial charge is 0.191 e. The zero-order chi connectivity index (χ0) is 17.8. The molecule has 2 aromatic rings. The number of nitrogens with zero attached hydrogens (tertiary/aromatic N) is 6. The van der Waals surface area contributed by atoms with Gasteiger partial charge in [-0.3, -0.25) is 4.99 Å². The van der Waals surface area contributed by atoms with Gasteiger partial charge in [0.25, 0.3) is 0 Å². The molecule has 1 aliphatic rings. The summed E-state index contributed by atoms with van der Waals surface area (Å²) in [5.41, 5.74) is 0.979. The number of aromatic nitrogens is 4. The van der Waals surface area contributed by atoms with Gasteiger partial charge in [-0.2, -0.15) is 5.10 Å². The summed E-state index contributed by atoms with van der Waals surface area (Å²) in [6.07, 6.45) is 1.95. The lowest BCUT2D eigenvalue weighted by atomic mass is 10.1. The molecule has 0 aliphatic carbocycles.